The second kappa shape index (κ2) is 9.38. The summed E-state index contributed by atoms with van der Waals surface area (Å²) in [4.78, 5) is 24.0. The molecule has 1 saturated carbocycles. The van der Waals surface area contributed by atoms with Crippen LogP contribution < -0.4 is 5.32 Å². The molecule has 3 aromatic rings. The zero-order chi connectivity index (χ0) is 21.9. The van der Waals surface area contributed by atoms with E-state index in [1.54, 1.807) is 12.4 Å². The molecule has 1 aliphatic carbocycles. The number of aryl methyl sites for hydroxylation is 1. The SMILES string of the molecule is Cc1ncc(-c2ccc3cnc(NC(=O)[C@H]4CC[C@H](CN5CCOCC5)CC4)cc3c2)o1. The van der Waals surface area contributed by atoms with E-state index in [-0.39, 0.29) is 11.8 Å². The lowest BCUT2D eigenvalue weighted by Crippen LogP contribution is -2.40. The number of nitrogens with zero attached hydrogens (tertiary/aromatic N) is 3. The third-order valence-corrected chi connectivity index (χ3v) is 6.72. The molecular weight excluding hydrogens is 404 g/mol. The van der Waals surface area contributed by atoms with E-state index < -0.39 is 0 Å². The first-order valence-corrected chi connectivity index (χ1v) is 11.6. The highest BCUT2D eigenvalue weighted by Gasteiger charge is 2.28. The molecule has 5 rings (SSSR count). The fraction of sp³-hybridized carbons (Fsp3) is 0.480. The van der Waals surface area contributed by atoms with Crippen molar-refractivity contribution in [2.75, 3.05) is 38.2 Å². The zero-order valence-corrected chi connectivity index (χ0v) is 18.5. The number of morpholine rings is 1. The highest BCUT2D eigenvalue weighted by Crippen LogP contribution is 2.31. The lowest BCUT2D eigenvalue weighted by molar-refractivity contribution is -0.121. The molecule has 0 radical (unpaired) electrons. The molecule has 1 saturated heterocycles. The first-order valence-electron chi connectivity index (χ1n) is 11.6. The molecule has 168 valence electrons. The topological polar surface area (TPSA) is 80.5 Å². The predicted molar refractivity (Wildman–Crippen MR) is 123 cm³/mol. The van der Waals surface area contributed by atoms with E-state index in [0.29, 0.717) is 17.6 Å². The Morgan fingerprint density at radius 1 is 1.06 bits per heavy atom. The summed E-state index contributed by atoms with van der Waals surface area (Å²) in [5.41, 5.74) is 0.958. The largest absolute Gasteiger partial charge is 0.441 e. The predicted octanol–water partition coefficient (Wildman–Crippen LogP) is 4.28. The number of rotatable bonds is 5. The molecule has 1 N–H and O–H groups in total. The van der Waals surface area contributed by atoms with Gasteiger partial charge in [-0.15, -0.1) is 0 Å². The van der Waals surface area contributed by atoms with Crippen LogP contribution in [0.4, 0.5) is 5.82 Å². The maximum Gasteiger partial charge on any atom is 0.228 e. The monoisotopic (exact) mass is 434 g/mol. The summed E-state index contributed by atoms with van der Waals surface area (Å²) in [5, 5.41) is 5.08. The van der Waals surface area contributed by atoms with Crippen LogP contribution in [0.3, 0.4) is 0 Å². The number of fused-ring (bicyclic) bond motifs is 1. The second-order valence-corrected chi connectivity index (χ2v) is 8.99. The lowest BCUT2D eigenvalue weighted by Gasteiger charge is -2.34. The van der Waals surface area contributed by atoms with Gasteiger partial charge in [-0.1, -0.05) is 12.1 Å². The van der Waals surface area contributed by atoms with Crippen LogP contribution in [0.1, 0.15) is 31.6 Å². The summed E-state index contributed by atoms with van der Waals surface area (Å²) >= 11 is 0. The van der Waals surface area contributed by atoms with Crippen molar-refractivity contribution in [2.45, 2.75) is 32.6 Å². The lowest BCUT2D eigenvalue weighted by atomic mass is 9.81. The Bertz CT molecular complexity index is 1080. The number of nitrogens with one attached hydrogen (secondary N) is 1. The maximum absolute atomic E-state index is 12.9. The average Bonchev–Trinajstić information content (AvgIpc) is 3.26. The minimum Gasteiger partial charge on any atom is -0.441 e. The molecule has 2 aliphatic rings. The fourth-order valence-electron chi connectivity index (χ4n) is 4.84. The Kier molecular flexibility index (Phi) is 6.19. The summed E-state index contributed by atoms with van der Waals surface area (Å²) in [6.45, 7) is 6.72. The number of aromatic nitrogens is 2. The standard InChI is InChI=1S/C25H30N4O3/c1-17-26-15-23(32-17)20-6-7-21-14-27-24(13-22(21)12-20)28-25(30)19-4-2-18(3-5-19)16-29-8-10-31-11-9-29/h6-7,12-15,18-19H,2-5,8-11,16H2,1H3,(H,27,28,30)/t18-,19-. The van der Waals surface area contributed by atoms with Crippen LogP contribution in [-0.4, -0.2) is 53.6 Å². The Labute approximate surface area is 188 Å². The van der Waals surface area contributed by atoms with Gasteiger partial charge in [0.05, 0.1) is 19.4 Å². The molecule has 1 aromatic carbocycles. The molecule has 7 heteroatoms. The van der Waals surface area contributed by atoms with Gasteiger partial charge in [0, 0.05) is 49.6 Å². The normalized spacial score (nSPS) is 22.2. The number of amides is 1. The van der Waals surface area contributed by atoms with E-state index in [1.807, 2.05) is 31.2 Å². The van der Waals surface area contributed by atoms with E-state index >= 15 is 0 Å². The molecule has 0 bridgehead atoms. The van der Waals surface area contributed by atoms with Crippen LogP contribution >= 0.6 is 0 Å². The molecular formula is C25H30N4O3. The molecule has 3 heterocycles. The highest BCUT2D eigenvalue weighted by atomic mass is 16.5. The quantitative estimate of drug-likeness (QED) is 0.646. The zero-order valence-electron chi connectivity index (χ0n) is 18.5. The van der Waals surface area contributed by atoms with Crippen molar-refractivity contribution < 1.29 is 13.9 Å². The van der Waals surface area contributed by atoms with Crippen molar-refractivity contribution in [1.82, 2.24) is 14.9 Å². The molecule has 7 nitrogen and oxygen atoms in total. The maximum atomic E-state index is 12.9. The number of anilines is 1. The number of pyridine rings is 1. The first-order chi connectivity index (χ1) is 15.6. The molecule has 2 fully saturated rings. The van der Waals surface area contributed by atoms with Gasteiger partial charge in [0.2, 0.25) is 5.91 Å². The molecule has 0 unspecified atom stereocenters. The van der Waals surface area contributed by atoms with E-state index in [4.69, 9.17) is 9.15 Å². The Balaban J connectivity index is 1.20. The van der Waals surface area contributed by atoms with Crippen LogP contribution in [0.2, 0.25) is 0 Å². The number of benzene rings is 1. The van der Waals surface area contributed by atoms with Crippen LogP contribution in [0, 0.1) is 18.8 Å². The van der Waals surface area contributed by atoms with Gasteiger partial charge in [0.25, 0.3) is 0 Å². The van der Waals surface area contributed by atoms with E-state index in [9.17, 15) is 4.79 Å². The Morgan fingerprint density at radius 2 is 1.88 bits per heavy atom. The van der Waals surface area contributed by atoms with Crippen LogP contribution in [-0.2, 0) is 9.53 Å². The van der Waals surface area contributed by atoms with Crippen LogP contribution in [0.25, 0.3) is 22.1 Å². The van der Waals surface area contributed by atoms with Gasteiger partial charge < -0.3 is 14.5 Å². The fourth-order valence-corrected chi connectivity index (χ4v) is 4.84. The van der Waals surface area contributed by atoms with Gasteiger partial charge in [-0.05, 0) is 49.1 Å². The van der Waals surface area contributed by atoms with E-state index in [0.717, 1.165) is 80.6 Å². The highest BCUT2D eigenvalue weighted by molar-refractivity contribution is 5.94. The number of hydrogen-bond donors (Lipinski definition) is 1. The first kappa shape index (κ1) is 21.1. The number of ether oxygens (including phenoxy) is 1. The summed E-state index contributed by atoms with van der Waals surface area (Å²) in [6.07, 6.45) is 7.66. The summed E-state index contributed by atoms with van der Waals surface area (Å²) in [5.74, 6) is 2.82. The van der Waals surface area contributed by atoms with Gasteiger partial charge >= 0.3 is 0 Å². The number of carbonyl (C=O) groups is 1. The van der Waals surface area contributed by atoms with Crippen molar-refractivity contribution in [3.05, 3.63) is 42.5 Å². The van der Waals surface area contributed by atoms with Crippen molar-refractivity contribution in [1.29, 1.82) is 0 Å². The molecule has 2 aromatic heterocycles. The van der Waals surface area contributed by atoms with Gasteiger partial charge in [0.1, 0.15) is 5.82 Å². The minimum absolute atomic E-state index is 0.0666. The smallest absolute Gasteiger partial charge is 0.228 e. The third kappa shape index (κ3) is 4.84. The van der Waals surface area contributed by atoms with E-state index in [2.05, 4.69) is 20.2 Å². The van der Waals surface area contributed by atoms with Crippen molar-refractivity contribution >= 4 is 22.5 Å². The summed E-state index contributed by atoms with van der Waals surface area (Å²) in [7, 11) is 0. The van der Waals surface area contributed by atoms with Gasteiger partial charge in [-0.25, -0.2) is 9.97 Å². The second-order valence-electron chi connectivity index (χ2n) is 8.99. The Hall–Kier alpha value is -2.77. The van der Waals surface area contributed by atoms with Crippen LogP contribution in [0.5, 0.6) is 0 Å². The molecule has 0 atom stereocenters. The van der Waals surface area contributed by atoms with E-state index in [1.165, 1.54) is 0 Å². The number of carbonyl (C=O) groups excluding carboxylic acids is 1. The average molecular weight is 435 g/mol. The molecule has 1 aliphatic heterocycles. The third-order valence-electron chi connectivity index (χ3n) is 6.72. The Morgan fingerprint density at radius 3 is 2.62 bits per heavy atom. The molecule has 0 spiro atoms. The minimum atomic E-state index is 0.0666. The van der Waals surface area contributed by atoms with Crippen molar-refractivity contribution in [3.8, 4) is 11.3 Å². The molecule has 32 heavy (non-hydrogen) atoms. The van der Waals surface area contributed by atoms with Gasteiger partial charge in [-0.3, -0.25) is 9.69 Å². The summed E-state index contributed by atoms with van der Waals surface area (Å²) in [6, 6.07) is 7.99. The number of oxazole rings is 1. The van der Waals surface area contributed by atoms with Crippen molar-refractivity contribution in [2.24, 2.45) is 11.8 Å². The van der Waals surface area contributed by atoms with Crippen molar-refractivity contribution in [3.63, 3.8) is 0 Å². The molecule has 1 amide bonds. The van der Waals surface area contributed by atoms with Gasteiger partial charge in [-0.2, -0.15) is 0 Å². The van der Waals surface area contributed by atoms with Gasteiger partial charge in [0.15, 0.2) is 11.7 Å². The number of hydrogen-bond acceptors (Lipinski definition) is 6. The summed E-state index contributed by atoms with van der Waals surface area (Å²) < 4.78 is 11.1. The van der Waals surface area contributed by atoms with Crippen LogP contribution in [0.15, 0.2) is 41.1 Å².